The second-order valence-corrected chi connectivity index (χ2v) is 6.82. The lowest BCUT2D eigenvalue weighted by molar-refractivity contribution is -0.133. The van der Waals surface area contributed by atoms with Crippen LogP contribution in [0.3, 0.4) is 0 Å². The molecule has 5 nitrogen and oxygen atoms in total. The Balaban J connectivity index is 0.00000242. The zero-order chi connectivity index (χ0) is 15.3. The van der Waals surface area contributed by atoms with Crippen LogP contribution in [-0.4, -0.2) is 58.3 Å². The van der Waals surface area contributed by atoms with Gasteiger partial charge in [-0.15, -0.1) is 23.7 Å². The highest BCUT2D eigenvalue weighted by Crippen LogP contribution is 2.27. The molecule has 1 fully saturated rings. The van der Waals surface area contributed by atoms with Crippen LogP contribution >= 0.6 is 23.7 Å². The summed E-state index contributed by atoms with van der Waals surface area (Å²) in [6.45, 7) is 2.66. The summed E-state index contributed by atoms with van der Waals surface area (Å²) in [5.74, 6) is 0.0951. The molecule has 0 spiro atoms. The summed E-state index contributed by atoms with van der Waals surface area (Å²) in [6, 6.07) is 4.37. The smallest absolute Gasteiger partial charge is 0.229 e. The van der Waals surface area contributed by atoms with Crippen molar-refractivity contribution in [2.75, 3.05) is 47.4 Å². The van der Waals surface area contributed by atoms with Crippen LogP contribution in [0, 0.1) is 5.41 Å². The highest BCUT2D eigenvalue weighted by Gasteiger charge is 2.41. The molecule has 0 aliphatic carbocycles. The minimum Gasteiger partial charge on any atom is -0.384 e. The van der Waals surface area contributed by atoms with Gasteiger partial charge in [-0.2, -0.15) is 0 Å². The van der Waals surface area contributed by atoms with Gasteiger partial charge in [0.1, 0.15) is 0 Å². The third-order valence-corrected chi connectivity index (χ3v) is 5.07. The quantitative estimate of drug-likeness (QED) is 0.785. The van der Waals surface area contributed by atoms with Crippen LogP contribution in [-0.2, 0) is 9.53 Å². The lowest BCUT2D eigenvalue weighted by Crippen LogP contribution is -2.47. The van der Waals surface area contributed by atoms with Gasteiger partial charge in [-0.3, -0.25) is 4.79 Å². The maximum atomic E-state index is 12.6. The minimum atomic E-state index is -0.416. The molecule has 1 aromatic rings. The van der Waals surface area contributed by atoms with Gasteiger partial charge < -0.3 is 20.3 Å². The number of methoxy groups -OCH3 is 1. The number of thiophene rings is 1. The van der Waals surface area contributed by atoms with Crippen molar-refractivity contribution >= 4 is 29.7 Å². The minimum absolute atomic E-state index is 0. The Bertz CT molecular complexity index is 448. The molecule has 126 valence electrons. The molecule has 1 aliphatic heterocycles. The van der Waals surface area contributed by atoms with Crippen LogP contribution in [0.4, 0.5) is 0 Å². The van der Waals surface area contributed by atoms with E-state index in [9.17, 15) is 4.79 Å². The van der Waals surface area contributed by atoms with Crippen molar-refractivity contribution in [3.63, 3.8) is 0 Å². The predicted molar refractivity (Wildman–Crippen MR) is 92.8 cm³/mol. The zero-order valence-electron chi connectivity index (χ0n) is 13.4. The fourth-order valence-electron chi connectivity index (χ4n) is 2.80. The summed E-state index contributed by atoms with van der Waals surface area (Å²) in [7, 11) is 5.73. The van der Waals surface area contributed by atoms with Gasteiger partial charge in [-0.25, -0.2) is 0 Å². The fraction of sp³-hybridized carbons (Fsp3) is 0.667. The summed E-state index contributed by atoms with van der Waals surface area (Å²) in [6.07, 6.45) is 0.832. The highest BCUT2D eigenvalue weighted by atomic mass is 35.5. The van der Waals surface area contributed by atoms with Gasteiger partial charge in [-0.1, -0.05) is 6.07 Å². The van der Waals surface area contributed by atoms with Crippen molar-refractivity contribution < 1.29 is 9.53 Å². The van der Waals surface area contributed by atoms with Crippen LogP contribution < -0.4 is 10.6 Å². The van der Waals surface area contributed by atoms with E-state index >= 15 is 0 Å². The van der Waals surface area contributed by atoms with Gasteiger partial charge in [0.15, 0.2) is 0 Å². The predicted octanol–water partition coefficient (Wildman–Crippen LogP) is 1.51. The molecule has 0 bridgehead atoms. The Morgan fingerprint density at radius 2 is 2.36 bits per heavy atom. The SMILES string of the molecule is COCC1(C(=O)NCC(c2cccs2)N(C)C)CCNC1.Cl. The molecular weight excluding hydrogens is 322 g/mol. The molecule has 2 rings (SSSR count). The standard InChI is InChI=1S/C15H25N3O2S.ClH/c1-18(2)12(13-5-4-8-21-13)9-17-14(19)15(11-20-3)6-7-16-10-15;/h4-5,8,12,16H,6-7,9-11H2,1-3H3,(H,17,19);1H. The van der Waals surface area contributed by atoms with E-state index in [4.69, 9.17) is 4.74 Å². The monoisotopic (exact) mass is 347 g/mol. The first-order valence-electron chi connectivity index (χ1n) is 7.27. The summed E-state index contributed by atoms with van der Waals surface area (Å²) >= 11 is 1.72. The molecule has 0 radical (unpaired) electrons. The third kappa shape index (κ3) is 4.43. The third-order valence-electron chi connectivity index (χ3n) is 4.10. The fourth-order valence-corrected chi connectivity index (χ4v) is 3.72. The molecule has 1 aromatic heterocycles. The summed E-state index contributed by atoms with van der Waals surface area (Å²) in [5, 5.41) is 8.46. The van der Waals surface area contributed by atoms with Crippen LogP contribution in [0.15, 0.2) is 17.5 Å². The number of hydrogen-bond donors (Lipinski definition) is 2. The van der Waals surface area contributed by atoms with Crippen LogP contribution in [0.25, 0.3) is 0 Å². The average molecular weight is 348 g/mol. The number of hydrogen-bond acceptors (Lipinski definition) is 5. The molecule has 2 N–H and O–H groups in total. The Kier molecular flexibility index (Phi) is 7.79. The Hall–Kier alpha value is -0.660. The van der Waals surface area contributed by atoms with Crippen LogP contribution in [0.2, 0.25) is 0 Å². The summed E-state index contributed by atoms with van der Waals surface area (Å²) in [5.41, 5.74) is -0.416. The number of ether oxygens (including phenoxy) is 1. The van der Waals surface area contributed by atoms with Gasteiger partial charge in [-0.05, 0) is 38.5 Å². The first-order chi connectivity index (χ1) is 10.1. The number of likely N-dealkylation sites (N-methyl/N-ethyl adjacent to an activating group) is 1. The number of nitrogens with zero attached hydrogens (tertiary/aromatic N) is 1. The Morgan fingerprint density at radius 1 is 1.59 bits per heavy atom. The molecule has 22 heavy (non-hydrogen) atoms. The number of rotatable bonds is 7. The highest BCUT2D eigenvalue weighted by molar-refractivity contribution is 7.10. The largest absolute Gasteiger partial charge is 0.384 e. The topological polar surface area (TPSA) is 53.6 Å². The van der Waals surface area contributed by atoms with E-state index in [1.54, 1.807) is 18.4 Å². The summed E-state index contributed by atoms with van der Waals surface area (Å²) in [4.78, 5) is 16.0. The average Bonchev–Trinajstić information content (AvgIpc) is 3.10. The van der Waals surface area contributed by atoms with Crippen molar-refractivity contribution in [2.24, 2.45) is 5.41 Å². The molecule has 0 saturated carbocycles. The van der Waals surface area contributed by atoms with E-state index in [1.165, 1.54) is 4.88 Å². The van der Waals surface area contributed by atoms with Crippen molar-refractivity contribution in [2.45, 2.75) is 12.5 Å². The first kappa shape index (κ1) is 19.4. The Labute approximate surface area is 142 Å². The van der Waals surface area contributed by atoms with Gasteiger partial charge >= 0.3 is 0 Å². The van der Waals surface area contributed by atoms with E-state index in [0.717, 1.165) is 13.0 Å². The lowest BCUT2D eigenvalue weighted by Gasteiger charge is -2.29. The molecule has 2 unspecified atom stereocenters. The second-order valence-electron chi connectivity index (χ2n) is 5.84. The maximum absolute atomic E-state index is 12.6. The maximum Gasteiger partial charge on any atom is 0.229 e. The molecule has 0 aromatic carbocycles. The number of carbonyl (C=O) groups is 1. The lowest BCUT2D eigenvalue weighted by atomic mass is 9.87. The normalized spacial score (nSPS) is 22.4. The van der Waals surface area contributed by atoms with Crippen LogP contribution in [0.5, 0.6) is 0 Å². The Morgan fingerprint density at radius 3 is 2.86 bits per heavy atom. The van der Waals surface area contributed by atoms with Gasteiger partial charge in [0, 0.05) is 25.1 Å². The first-order valence-corrected chi connectivity index (χ1v) is 8.15. The van der Waals surface area contributed by atoms with E-state index < -0.39 is 5.41 Å². The van der Waals surface area contributed by atoms with E-state index in [1.807, 2.05) is 20.2 Å². The van der Waals surface area contributed by atoms with E-state index in [2.05, 4.69) is 27.0 Å². The summed E-state index contributed by atoms with van der Waals surface area (Å²) < 4.78 is 5.27. The molecule has 7 heteroatoms. The van der Waals surface area contributed by atoms with Crippen molar-refractivity contribution in [1.29, 1.82) is 0 Å². The van der Waals surface area contributed by atoms with Crippen molar-refractivity contribution in [1.82, 2.24) is 15.5 Å². The number of amides is 1. The second kappa shape index (κ2) is 8.84. The van der Waals surface area contributed by atoms with Gasteiger partial charge in [0.05, 0.1) is 18.1 Å². The molecule has 1 saturated heterocycles. The molecular formula is C15H26ClN3O2S. The molecule has 1 aliphatic rings. The van der Waals surface area contributed by atoms with Crippen LogP contribution in [0.1, 0.15) is 17.3 Å². The van der Waals surface area contributed by atoms with E-state index in [0.29, 0.717) is 19.7 Å². The van der Waals surface area contributed by atoms with Gasteiger partial charge in [0.2, 0.25) is 5.91 Å². The number of carbonyl (C=O) groups excluding carboxylic acids is 1. The number of nitrogens with one attached hydrogen (secondary N) is 2. The molecule has 2 atom stereocenters. The van der Waals surface area contributed by atoms with Gasteiger partial charge in [0.25, 0.3) is 0 Å². The number of halogens is 1. The molecule has 1 amide bonds. The van der Waals surface area contributed by atoms with E-state index in [-0.39, 0.29) is 24.4 Å². The van der Waals surface area contributed by atoms with Crippen molar-refractivity contribution in [3.8, 4) is 0 Å². The zero-order valence-corrected chi connectivity index (χ0v) is 15.1. The molecule has 2 heterocycles. The van der Waals surface area contributed by atoms with Crippen molar-refractivity contribution in [3.05, 3.63) is 22.4 Å².